The van der Waals surface area contributed by atoms with E-state index in [4.69, 9.17) is 9.47 Å². The van der Waals surface area contributed by atoms with Crippen molar-refractivity contribution in [2.75, 3.05) is 6.61 Å². The first-order valence-electron chi connectivity index (χ1n) is 7.31. The van der Waals surface area contributed by atoms with E-state index in [2.05, 4.69) is 4.98 Å². The predicted molar refractivity (Wildman–Crippen MR) is 83.6 cm³/mol. The van der Waals surface area contributed by atoms with Gasteiger partial charge in [-0.2, -0.15) is 0 Å². The smallest absolute Gasteiger partial charge is 0.319 e. The number of hydrogen-bond donors (Lipinski definition) is 0. The zero-order valence-electron chi connectivity index (χ0n) is 14.2. The highest BCUT2D eigenvalue weighted by Gasteiger charge is 2.33. The van der Waals surface area contributed by atoms with Crippen molar-refractivity contribution < 1.29 is 19.1 Å². The Hall–Kier alpha value is -1.75. The van der Waals surface area contributed by atoms with E-state index in [9.17, 15) is 9.59 Å². The molecule has 0 aliphatic heterocycles. The third-order valence-corrected chi connectivity index (χ3v) is 2.64. The first-order valence-corrected chi connectivity index (χ1v) is 7.31. The van der Waals surface area contributed by atoms with Crippen molar-refractivity contribution in [2.24, 2.45) is 5.92 Å². The number of hydrogen-bond acceptors (Lipinski definition) is 5. The van der Waals surface area contributed by atoms with E-state index < -0.39 is 23.1 Å². The summed E-state index contributed by atoms with van der Waals surface area (Å²) in [5.74, 6) is -1.92. The molecule has 0 radical (unpaired) electrons. The van der Waals surface area contributed by atoms with E-state index in [0.717, 1.165) is 0 Å². The van der Waals surface area contributed by atoms with E-state index in [1.54, 1.807) is 39.1 Å². The van der Waals surface area contributed by atoms with Crippen molar-refractivity contribution >= 4 is 11.8 Å². The molecule has 5 nitrogen and oxygen atoms in total. The highest BCUT2D eigenvalue weighted by atomic mass is 16.6. The summed E-state index contributed by atoms with van der Waals surface area (Å²) in [5.41, 5.74) is -0.738. The minimum absolute atomic E-state index is 0.0217. The molecule has 0 saturated heterocycles. The van der Waals surface area contributed by atoms with Crippen LogP contribution < -0.4 is 0 Å². The lowest BCUT2D eigenvalue weighted by Gasteiger charge is -2.26. The SMILES string of the molecule is CC(C)(C)OC[C@H](C(=O)OC(C)(C)C)C(=O)c1cccnc1. The maximum absolute atomic E-state index is 12.6. The molecular weight excluding hydrogens is 282 g/mol. The van der Waals surface area contributed by atoms with E-state index in [-0.39, 0.29) is 12.4 Å². The second-order valence-corrected chi connectivity index (χ2v) is 7.12. The van der Waals surface area contributed by atoms with Crippen LogP contribution in [0, 0.1) is 5.92 Å². The van der Waals surface area contributed by atoms with Crippen LogP contribution >= 0.6 is 0 Å². The van der Waals surface area contributed by atoms with Crippen LogP contribution in [0.25, 0.3) is 0 Å². The van der Waals surface area contributed by atoms with E-state index in [0.29, 0.717) is 5.56 Å². The average Bonchev–Trinajstić information content (AvgIpc) is 2.36. The van der Waals surface area contributed by atoms with Gasteiger partial charge in [0.15, 0.2) is 5.78 Å². The molecule has 1 rings (SSSR count). The fourth-order valence-corrected chi connectivity index (χ4v) is 1.67. The molecule has 0 amide bonds. The van der Waals surface area contributed by atoms with Gasteiger partial charge in [-0.3, -0.25) is 14.6 Å². The Kier molecular flexibility index (Phi) is 5.83. The molecule has 5 heteroatoms. The summed E-state index contributed by atoms with van der Waals surface area (Å²) in [7, 11) is 0. The first-order chi connectivity index (χ1) is 9.99. The van der Waals surface area contributed by atoms with Crippen LogP contribution in [0.4, 0.5) is 0 Å². The number of nitrogens with zero attached hydrogens (tertiary/aromatic N) is 1. The average molecular weight is 307 g/mol. The molecule has 0 spiro atoms. The van der Waals surface area contributed by atoms with Crippen molar-refractivity contribution in [3.8, 4) is 0 Å². The van der Waals surface area contributed by atoms with Crippen molar-refractivity contribution in [1.29, 1.82) is 0 Å². The molecule has 0 unspecified atom stereocenters. The van der Waals surface area contributed by atoms with Crippen LogP contribution in [-0.2, 0) is 14.3 Å². The minimum atomic E-state index is -0.998. The summed E-state index contributed by atoms with van der Waals surface area (Å²) in [5, 5.41) is 0. The molecule has 122 valence electrons. The fraction of sp³-hybridized carbons (Fsp3) is 0.588. The Morgan fingerprint density at radius 3 is 2.23 bits per heavy atom. The van der Waals surface area contributed by atoms with Gasteiger partial charge in [-0.1, -0.05) is 0 Å². The molecule has 1 aromatic rings. The van der Waals surface area contributed by atoms with Gasteiger partial charge in [-0.25, -0.2) is 0 Å². The number of Topliss-reactive ketones (excluding diaryl/α,β-unsaturated/α-hetero) is 1. The number of rotatable bonds is 5. The highest BCUT2D eigenvalue weighted by Crippen LogP contribution is 2.18. The summed E-state index contributed by atoms with van der Waals surface area (Å²) in [6.07, 6.45) is 3.02. The number of ketones is 1. The maximum Gasteiger partial charge on any atom is 0.319 e. The number of esters is 1. The van der Waals surface area contributed by atoms with Gasteiger partial charge >= 0.3 is 5.97 Å². The van der Waals surface area contributed by atoms with Crippen molar-refractivity contribution in [2.45, 2.75) is 52.7 Å². The van der Waals surface area contributed by atoms with Crippen LogP contribution in [0.3, 0.4) is 0 Å². The zero-order valence-corrected chi connectivity index (χ0v) is 14.2. The van der Waals surface area contributed by atoms with Gasteiger partial charge in [0.2, 0.25) is 0 Å². The lowest BCUT2D eigenvalue weighted by Crippen LogP contribution is -2.37. The van der Waals surface area contributed by atoms with Crippen LogP contribution in [0.15, 0.2) is 24.5 Å². The van der Waals surface area contributed by atoms with E-state index >= 15 is 0 Å². The van der Waals surface area contributed by atoms with Crippen molar-refractivity contribution in [3.05, 3.63) is 30.1 Å². The van der Waals surface area contributed by atoms with Gasteiger partial charge in [-0.15, -0.1) is 0 Å². The molecule has 0 bridgehead atoms. The molecule has 0 saturated carbocycles. The third kappa shape index (κ3) is 6.35. The number of aromatic nitrogens is 1. The summed E-state index contributed by atoms with van der Waals surface area (Å²) >= 11 is 0. The molecule has 0 aliphatic rings. The Balaban J connectivity index is 2.95. The summed E-state index contributed by atoms with van der Waals surface area (Å²) in [4.78, 5) is 28.8. The van der Waals surface area contributed by atoms with Crippen LogP contribution in [-0.4, -0.2) is 34.5 Å². The Morgan fingerprint density at radius 1 is 1.14 bits per heavy atom. The molecule has 0 fully saturated rings. The molecule has 1 atom stereocenters. The maximum atomic E-state index is 12.6. The number of pyridine rings is 1. The Labute approximate surface area is 132 Å². The Morgan fingerprint density at radius 2 is 1.77 bits per heavy atom. The molecule has 0 aliphatic carbocycles. The first kappa shape index (κ1) is 18.3. The monoisotopic (exact) mass is 307 g/mol. The van der Waals surface area contributed by atoms with Gasteiger partial charge in [0.05, 0.1) is 12.2 Å². The quantitative estimate of drug-likeness (QED) is 0.475. The zero-order chi connectivity index (χ0) is 17.0. The lowest BCUT2D eigenvalue weighted by molar-refractivity contribution is -0.161. The summed E-state index contributed by atoms with van der Waals surface area (Å²) < 4.78 is 11.0. The molecule has 1 heterocycles. The van der Waals surface area contributed by atoms with Gasteiger partial charge in [0.1, 0.15) is 11.5 Å². The topological polar surface area (TPSA) is 65.5 Å². The van der Waals surface area contributed by atoms with E-state index in [1.165, 1.54) is 6.20 Å². The number of ether oxygens (including phenoxy) is 2. The van der Waals surface area contributed by atoms with Crippen molar-refractivity contribution in [1.82, 2.24) is 4.98 Å². The largest absolute Gasteiger partial charge is 0.459 e. The second-order valence-electron chi connectivity index (χ2n) is 7.12. The van der Waals surface area contributed by atoms with Gasteiger partial charge in [0, 0.05) is 18.0 Å². The van der Waals surface area contributed by atoms with E-state index in [1.807, 2.05) is 20.8 Å². The minimum Gasteiger partial charge on any atom is -0.459 e. The van der Waals surface area contributed by atoms with Crippen molar-refractivity contribution in [3.63, 3.8) is 0 Å². The fourth-order valence-electron chi connectivity index (χ4n) is 1.67. The number of carbonyl (C=O) groups excluding carboxylic acids is 2. The normalized spacial score (nSPS) is 13.5. The second kappa shape index (κ2) is 7.01. The molecular formula is C17H25NO4. The summed E-state index contributed by atoms with van der Waals surface area (Å²) in [6, 6.07) is 3.29. The molecule has 22 heavy (non-hydrogen) atoms. The molecule has 0 N–H and O–H groups in total. The number of carbonyl (C=O) groups is 2. The predicted octanol–water partition coefficient (Wildman–Crippen LogP) is 3.04. The third-order valence-electron chi connectivity index (χ3n) is 2.64. The molecule has 1 aromatic heterocycles. The summed E-state index contributed by atoms with van der Waals surface area (Å²) in [6.45, 7) is 10.9. The van der Waals surface area contributed by atoms with Crippen LogP contribution in [0.5, 0.6) is 0 Å². The van der Waals surface area contributed by atoms with Crippen LogP contribution in [0.1, 0.15) is 51.9 Å². The standard InChI is InChI=1S/C17H25NO4/c1-16(2,3)21-11-13(15(20)22-17(4,5)6)14(19)12-8-7-9-18-10-12/h7-10,13H,11H2,1-6H3/t13-/m0/s1. The van der Waals surface area contributed by atoms with Crippen LogP contribution in [0.2, 0.25) is 0 Å². The lowest BCUT2D eigenvalue weighted by atomic mass is 9.99. The highest BCUT2D eigenvalue weighted by molar-refractivity contribution is 6.08. The molecule has 0 aromatic carbocycles. The van der Waals surface area contributed by atoms with Gasteiger partial charge in [-0.05, 0) is 53.7 Å². The Bertz CT molecular complexity index is 512. The van der Waals surface area contributed by atoms with Gasteiger partial charge < -0.3 is 9.47 Å². The van der Waals surface area contributed by atoms with Gasteiger partial charge in [0.25, 0.3) is 0 Å².